The molecule has 5 nitrogen and oxygen atoms in total. The monoisotopic (exact) mass is 315 g/mol. The number of hydrogen-bond donors (Lipinski definition) is 2. The molecule has 2 rings (SSSR count). The molecule has 0 spiro atoms. The Morgan fingerprint density at radius 3 is 2.22 bits per heavy atom. The Bertz CT molecular complexity index is 621. The van der Waals surface area contributed by atoms with Gasteiger partial charge in [-0.15, -0.1) is 0 Å². The van der Waals surface area contributed by atoms with Gasteiger partial charge in [0.05, 0.1) is 7.11 Å². The van der Waals surface area contributed by atoms with Gasteiger partial charge in [-0.1, -0.05) is 42.5 Å². The highest BCUT2D eigenvalue weighted by atomic mass is 16.5. The van der Waals surface area contributed by atoms with Crippen molar-refractivity contribution in [2.75, 3.05) is 14.2 Å². The third-order valence-corrected chi connectivity index (χ3v) is 2.86. The van der Waals surface area contributed by atoms with Crippen LogP contribution in [0.25, 0.3) is 6.08 Å². The molecular formula is C18H21NO4. The number of carboxylic acids is 1. The van der Waals surface area contributed by atoms with Crippen LogP contribution in [0.1, 0.15) is 11.1 Å². The molecule has 0 saturated heterocycles. The minimum atomic E-state index is -1.10. The Balaban J connectivity index is 0.00000127. The second-order valence-corrected chi connectivity index (χ2v) is 4.36. The summed E-state index contributed by atoms with van der Waals surface area (Å²) in [6.45, 7) is 0.495. The molecule has 0 radical (unpaired) electrons. The van der Waals surface area contributed by atoms with E-state index in [2.05, 4.69) is 5.73 Å². The predicted molar refractivity (Wildman–Crippen MR) is 89.9 cm³/mol. The van der Waals surface area contributed by atoms with E-state index in [1.54, 1.807) is 24.3 Å². The molecule has 23 heavy (non-hydrogen) atoms. The molecule has 0 saturated carbocycles. The van der Waals surface area contributed by atoms with Crippen LogP contribution >= 0.6 is 0 Å². The van der Waals surface area contributed by atoms with Crippen LogP contribution < -0.4 is 10.5 Å². The van der Waals surface area contributed by atoms with Crippen LogP contribution in [0.3, 0.4) is 0 Å². The molecule has 0 bridgehead atoms. The first kappa shape index (κ1) is 18.3. The number of nitrogens with two attached hydrogens (primary N) is 1. The summed E-state index contributed by atoms with van der Waals surface area (Å²) in [5, 5.41) is 8.88. The van der Waals surface area contributed by atoms with Crippen molar-refractivity contribution in [1.82, 2.24) is 0 Å². The van der Waals surface area contributed by atoms with Crippen molar-refractivity contribution in [3.05, 3.63) is 71.5 Å². The molecule has 2 aromatic carbocycles. The second kappa shape index (κ2) is 10.0. The second-order valence-electron chi connectivity index (χ2n) is 4.36. The average molecular weight is 315 g/mol. The first-order chi connectivity index (χ1) is 11.2. The Labute approximate surface area is 136 Å². The fourth-order valence-electron chi connectivity index (χ4n) is 1.76. The van der Waals surface area contributed by atoms with Crippen molar-refractivity contribution in [2.45, 2.75) is 6.61 Å². The summed E-state index contributed by atoms with van der Waals surface area (Å²) in [6, 6.07) is 17.0. The van der Waals surface area contributed by atoms with Crippen molar-refractivity contribution < 1.29 is 19.4 Å². The van der Waals surface area contributed by atoms with E-state index in [1.807, 2.05) is 30.3 Å². The van der Waals surface area contributed by atoms with Crippen LogP contribution in [0.2, 0.25) is 0 Å². The van der Waals surface area contributed by atoms with Gasteiger partial charge in [-0.2, -0.15) is 0 Å². The topological polar surface area (TPSA) is 81.8 Å². The van der Waals surface area contributed by atoms with Gasteiger partial charge in [-0.25, -0.2) is 4.79 Å². The van der Waals surface area contributed by atoms with Crippen LogP contribution in [-0.4, -0.2) is 25.2 Å². The Hall–Kier alpha value is -2.79. The van der Waals surface area contributed by atoms with Crippen LogP contribution in [-0.2, 0) is 16.1 Å². The number of rotatable bonds is 6. The quantitative estimate of drug-likeness (QED) is 0.633. The normalized spacial score (nSPS) is 10.3. The molecule has 0 atom stereocenters. The zero-order valence-electron chi connectivity index (χ0n) is 13.2. The lowest BCUT2D eigenvalue weighted by molar-refractivity contribution is -0.135. The summed E-state index contributed by atoms with van der Waals surface area (Å²) in [7, 11) is 2.83. The van der Waals surface area contributed by atoms with Gasteiger partial charge in [0, 0.05) is 0 Å². The number of aliphatic carboxylic acids is 1. The lowest BCUT2D eigenvalue weighted by Gasteiger charge is -2.06. The molecule has 0 unspecified atom stereocenters. The first-order valence-electron chi connectivity index (χ1n) is 7.02. The molecule has 0 aliphatic rings. The fourth-order valence-corrected chi connectivity index (χ4v) is 1.76. The van der Waals surface area contributed by atoms with Gasteiger partial charge in [0.15, 0.2) is 0 Å². The molecule has 2 aromatic rings. The van der Waals surface area contributed by atoms with E-state index in [4.69, 9.17) is 14.6 Å². The van der Waals surface area contributed by atoms with E-state index in [-0.39, 0.29) is 5.76 Å². The van der Waals surface area contributed by atoms with Gasteiger partial charge in [0.2, 0.25) is 5.76 Å². The number of carbonyl (C=O) groups is 1. The number of benzene rings is 2. The lowest BCUT2D eigenvalue weighted by Crippen LogP contribution is -2.01. The highest BCUT2D eigenvalue weighted by Crippen LogP contribution is 2.16. The number of ether oxygens (including phenoxy) is 2. The maximum Gasteiger partial charge on any atom is 0.371 e. The number of methoxy groups -OCH3 is 1. The lowest BCUT2D eigenvalue weighted by atomic mass is 10.2. The van der Waals surface area contributed by atoms with E-state index in [1.165, 1.54) is 20.2 Å². The number of hydrogen-bond acceptors (Lipinski definition) is 4. The largest absolute Gasteiger partial charge is 0.490 e. The van der Waals surface area contributed by atoms with Gasteiger partial charge in [-0.05, 0) is 36.4 Å². The van der Waals surface area contributed by atoms with Gasteiger partial charge >= 0.3 is 5.97 Å². The third-order valence-electron chi connectivity index (χ3n) is 2.86. The third kappa shape index (κ3) is 6.23. The highest BCUT2D eigenvalue weighted by molar-refractivity contribution is 5.89. The molecule has 0 aliphatic heterocycles. The molecule has 5 heteroatoms. The van der Waals surface area contributed by atoms with E-state index >= 15 is 0 Å². The molecule has 0 aromatic heterocycles. The molecule has 3 N–H and O–H groups in total. The molecule has 0 aliphatic carbocycles. The zero-order chi connectivity index (χ0) is 17.1. The van der Waals surface area contributed by atoms with Gasteiger partial charge in [-0.3, -0.25) is 0 Å². The van der Waals surface area contributed by atoms with Crippen LogP contribution in [0.5, 0.6) is 5.75 Å². The minimum Gasteiger partial charge on any atom is -0.490 e. The van der Waals surface area contributed by atoms with Crippen molar-refractivity contribution in [3.63, 3.8) is 0 Å². The van der Waals surface area contributed by atoms with E-state index in [0.29, 0.717) is 6.61 Å². The number of carboxylic acid groups (broad SMARTS) is 1. The maximum absolute atomic E-state index is 10.8. The first-order valence-corrected chi connectivity index (χ1v) is 7.02. The van der Waals surface area contributed by atoms with Crippen molar-refractivity contribution in [1.29, 1.82) is 0 Å². The summed E-state index contributed by atoms with van der Waals surface area (Å²) in [5.74, 6) is -0.472. The van der Waals surface area contributed by atoms with Gasteiger partial charge < -0.3 is 20.3 Å². The van der Waals surface area contributed by atoms with Gasteiger partial charge in [0.1, 0.15) is 12.4 Å². The van der Waals surface area contributed by atoms with E-state index in [9.17, 15) is 4.79 Å². The molecule has 122 valence electrons. The van der Waals surface area contributed by atoms with Gasteiger partial charge in [0.25, 0.3) is 0 Å². The minimum absolute atomic E-state index is 0.104. The predicted octanol–water partition coefficient (Wildman–Crippen LogP) is 2.91. The standard InChI is InChI=1S/C17H16O4.CH5N/c1-20-16(17(18)19)11-13-7-9-15(10-8-13)21-12-14-5-3-2-4-6-14;1-2/h2-11H,12H2,1H3,(H,18,19);2H2,1H3. The molecule has 0 amide bonds. The van der Waals surface area contributed by atoms with Crippen molar-refractivity contribution in [3.8, 4) is 5.75 Å². The van der Waals surface area contributed by atoms with Crippen molar-refractivity contribution in [2.24, 2.45) is 5.73 Å². The zero-order valence-corrected chi connectivity index (χ0v) is 13.2. The highest BCUT2D eigenvalue weighted by Gasteiger charge is 2.06. The molecule has 0 fully saturated rings. The molecular weight excluding hydrogens is 294 g/mol. The summed E-state index contributed by atoms with van der Waals surface area (Å²) in [5.41, 5.74) is 6.33. The van der Waals surface area contributed by atoms with E-state index < -0.39 is 5.97 Å². The molecule has 0 heterocycles. The van der Waals surface area contributed by atoms with Crippen molar-refractivity contribution >= 4 is 12.0 Å². The fraction of sp³-hybridized carbons (Fsp3) is 0.167. The average Bonchev–Trinajstić information content (AvgIpc) is 2.61. The Morgan fingerprint density at radius 1 is 1.09 bits per heavy atom. The van der Waals surface area contributed by atoms with Crippen LogP contribution in [0.15, 0.2) is 60.4 Å². The summed E-state index contributed by atoms with van der Waals surface area (Å²) >= 11 is 0. The van der Waals surface area contributed by atoms with Crippen LogP contribution in [0.4, 0.5) is 0 Å². The smallest absolute Gasteiger partial charge is 0.371 e. The van der Waals surface area contributed by atoms with Crippen LogP contribution in [0, 0.1) is 0 Å². The SMILES string of the molecule is CN.COC(=Cc1ccc(OCc2ccccc2)cc1)C(=O)O. The Kier molecular flexibility index (Phi) is 7.96. The Morgan fingerprint density at radius 2 is 1.70 bits per heavy atom. The summed E-state index contributed by atoms with van der Waals surface area (Å²) < 4.78 is 10.4. The summed E-state index contributed by atoms with van der Waals surface area (Å²) in [4.78, 5) is 10.8. The maximum atomic E-state index is 10.8. The summed E-state index contributed by atoms with van der Waals surface area (Å²) in [6.07, 6.45) is 1.46. The van der Waals surface area contributed by atoms with E-state index in [0.717, 1.165) is 16.9 Å².